The van der Waals surface area contributed by atoms with E-state index >= 15 is 0 Å². The predicted molar refractivity (Wildman–Crippen MR) is 58.9 cm³/mol. The Morgan fingerprint density at radius 3 is 2.50 bits per heavy atom. The first-order valence-electron chi connectivity index (χ1n) is 5.09. The molecule has 0 saturated heterocycles. The molecule has 0 aliphatic carbocycles. The summed E-state index contributed by atoms with van der Waals surface area (Å²) in [6.07, 6.45) is -1.98. The lowest BCUT2D eigenvalue weighted by molar-refractivity contribution is -0.274. The van der Waals surface area contributed by atoms with Gasteiger partial charge in [-0.3, -0.25) is 0 Å². The first-order valence-corrected chi connectivity index (χ1v) is 5.09. The van der Waals surface area contributed by atoms with Crippen LogP contribution in [0, 0.1) is 6.92 Å². The van der Waals surface area contributed by atoms with E-state index in [1.54, 1.807) is 13.0 Å². The summed E-state index contributed by atoms with van der Waals surface area (Å²) in [6, 6.07) is 5.75. The van der Waals surface area contributed by atoms with E-state index < -0.39 is 6.36 Å². The number of alkyl halides is 3. The quantitative estimate of drug-likeness (QED) is 0.894. The van der Waals surface area contributed by atoms with Gasteiger partial charge in [-0.25, -0.2) is 0 Å². The van der Waals surface area contributed by atoms with Crippen LogP contribution in [0.25, 0.3) is 5.69 Å². The molecule has 1 aromatic heterocycles. The highest BCUT2D eigenvalue weighted by atomic mass is 19.4. The Bertz CT molecular complexity index is 561. The molecule has 0 amide bonds. The summed E-state index contributed by atoms with van der Waals surface area (Å²) >= 11 is 0. The number of hydrogen-bond donors (Lipinski definition) is 1. The van der Waals surface area contributed by atoms with Crippen LogP contribution in [0.2, 0.25) is 0 Å². The molecule has 0 fully saturated rings. The molecular weight excluding hydrogens is 247 g/mol. The average Bonchev–Trinajstić information content (AvgIpc) is 2.62. The van der Waals surface area contributed by atoms with E-state index in [1.165, 1.54) is 35.2 Å². The van der Waals surface area contributed by atoms with Gasteiger partial charge in [-0.05, 0) is 24.6 Å². The second kappa shape index (κ2) is 4.29. The zero-order valence-electron chi connectivity index (χ0n) is 9.40. The van der Waals surface area contributed by atoms with Crippen molar-refractivity contribution < 1.29 is 23.0 Å². The fraction of sp³-hybridized carbons (Fsp3) is 0.167. The zero-order chi connectivity index (χ0) is 13.3. The number of benzene rings is 1. The molecule has 1 N–H and O–H groups in total. The van der Waals surface area contributed by atoms with E-state index in [9.17, 15) is 18.3 Å². The Balaban J connectivity index is 2.51. The number of para-hydroxylation sites is 1. The largest absolute Gasteiger partial charge is 0.573 e. The number of aryl methyl sites for hydroxylation is 1. The molecule has 0 unspecified atom stereocenters. The highest BCUT2D eigenvalue weighted by Crippen LogP contribution is 2.32. The lowest BCUT2D eigenvalue weighted by atomic mass is 10.2. The minimum Gasteiger partial charge on any atom is -0.506 e. The summed E-state index contributed by atoms with van der Waals surface area (Å²) in [5.41, 5.74) is 0.850. The normalized spacial score (nSPS) is 11.6. The van der Waals surface area contributed by atoms with Crippen molar-refractivity contribution in [2.75, 3.05) is 0 Å². The van der Waals surface area contributed by atoms with Gasteiger partial charge in [-0.1, -0.05) is 12.1 Å². The highest BCUT2D eigenvalue weighted by molar-refractivity contribution is 5.53. The van der Waals surface area contributed by atoms with E-state index in [4.69, 9.17) is 0 Å². The van der Waals surface area contributed by atoms with Crippen molar-refractivity contribution in [1.29, 1.82) is 0 Å². The third-order valence-corrected chi connectivity index (χ3v) is 2.36. The van der Waals surface area contributed by atoms with Crippen molar-refractivity contribution in [3.63, 3.8) is 0 Å². The van der Waals surface area contributed by atoms with Gasteiger partial charge in [0.15, 0.2) is 5.75 Å². The summed E-state index contributed by atoms with van der Waals surface area (Å²) < 4.78 is 42.2. The van der Waals surface area contributed by atoms with Crippen molar-refractivity contribution in [2.24, 2.45) is 0 Å². The third-order valence-electron chi connectivity index (χ3n) is 2.36. The topological polar surface area (TPSA) is 34.4 Å². The maximum Gasteiger partial charge on any atom is 0.573 e. The number of halogens is 3. The summed E-state index contributed by atoms with van der Waals surface area (Å²) in [4.78, 5) is 0. The third kappa shape index (κ3) is 2.58. The van der Waals surface area contributed by atoms with Crippen molar-refractivity contribution >= 4 is 0 Å². The van der Waals surface area contributed by atoms with E-state index in [0.717, 1.165) is 0 Å². The molecule has 1 heterocycles. The Morgan fingerprint density at radius 2 is 1.94 bits per heavy atom. The Hall–Kier alpha value is -2.11. The second-order valence-corrected chi connectivity index (χ2v) is 3.75. The molecule has 18 heavy (non-hydrogen) atoms. The number of ether oxygens (including phenoxy) is 1. The summed E-state index contributed by atoms with van der Waals surface area (Å²) in [5, 5.41) is 9.24. The molecule has 0 spiro atoms. The second-order valence-electron chi connectivity index (χ2n) is 3.75. The Kier molecular flexibility index (Phi) is 2.94. The van der Waals surface area contributed by atoms with Crippen LogP contribution in [0.1, 0.15) is 5.56 Å². The zero-order valence-corrected chi connectivity index (χ0v) is 9.40. The number of hydrogen-bond acceptors (Lipinski definition) is 2. The molecule has 0 radical (unpaired) electrons. The van der Waals surface area contributed by atoms with E-state index in [1.807, 2.05) is 0 Å². The van der Waals surface area contributed by atoms with Crippen molar-refractivity contribution in [2.45, 2.75) is 13.3 Å². The van der Waals surface area contributed by atoms with Gasteiger partial charge < -0.3 is 14.4 Å². The van der Waals surface area contributed by atoms with Crippen LogP contribution in [0.4, 0.5) is 13.2 Å². The molecule has 2 aromatic rings. The van der Waals surface area contributed by atoms with Gasteiger partial charge in [0.25, 0.3) is 0 Å². The summed E-state index contributed by atoms with van der Waals surface area (Å²) in [6.45, 7) is 1.66. The Morgan fingerprint density at radius 1 is 1.22 bits per heavy atom. The lowest BCUT2D eigenvalue weighted by Gasteiger charge is -2.15. The van der Waals surface area contributed by atoms with E-state index in [-0.39, 0.29) is 17.2 Å². The van der Waals surface area contributed by atoms with E-state index in [0.29, 0.717) is 5.56 Å². The maximum absolute atomic E-state index is 12.3. The van der Waals surface area contributed by atoms with Crippen molar-refractivity contribution in [3.05, 3.63) is 42.2 Å². The van der Waals surface area contributed by atoms with Crippen LogP contribution in [-0.4, -0.2) is 16.0 Å². The molecule has 1 aromatic carbocycles. The van der Waals surface area contributed by atoms with Crippen LogP contribution in [0.5, 0.6) is 11.5 Å². The van der Waals surface area contributed by atoms with Gasteiger partial charge in [0.2, 0.25) is 0 Å². The smallest absolute Gasteiger partial charge is 0.506 e. The number of aromatic nitrogens is 1. The predicted octanol–water partition coefficient (Wildman–Crippen LogP) is 3.39. The van der Waals surface area contributed by atoms with Crippen LogP contribution >= 0.6 is 0 Å². The molecule has 96 valence electrons. The fourth-order valence-corrected chi connectivity index (χ4v) is 1.69. The molecule has 6 heteroatoms. The number of aromatic hydroxyl groups is 1. The van der Waals surface area contributed by atoms with Gasteiger partial charge in [-0.2, -0.15) is 0 Å². The standard InChI is InChI=1S/C12H10F3NO2/c1-8-3-2-4-10(18-12(13,14)15)11(8)16-6-5-9(17)7-16/h2-7,17H,1H3. The van der Waals surface area contributed by atoms with Crippen LogP contribution < -0.4 is 4.74 Å². The van der Waals surface area contributed by atoms with Crippen molar-refractivity contribution in [3.8, 4) is 17.2 Å². The van der Waals surface area contributed by atoms with Gasteiger partial charge >= 0.3 is 6.36 Å². The SMILES string of the molecule is Cc1cccc(OC(F)(F)F)c1-n1ccc(O)c1. The van der Waals surface area contributed by atoms with Gasteiger partial charge in [0.1, 0.15) is 5.75 Å². The Labute approximate surface area is 101 Å². The molecular formula is C12H10F3NO2. The summed E-state index contributed by atoms with van der Waals surface area (Å²) in [5.74, 6) is -0.339. The highest BCUT2D eigenvalue weighted by Gasteiger charge is 2.32. The van der Waals surface area contributed by atoms with E-state index in [2.05, 4.69) is 4.74 Å². The van der Waals surface area contributed by atoms with Crippen molar-refractivity contribution in [1.82, 2.24) is 4.57 Å². The van der Waals surface area contributed by atoms with Gasteiger partial charge in [0, 0.05) is 6.20 Å². The van der Waals surface area contributed by atoms with Crippen LogP contribution in [0.15, 0.2) is 36.7 Å². The lowest BCUT2D eigenvalue weighted by Crippen LogP contribution is -2.18. The molecule has 3 nitrogen and oxygen atoms in total. The fourth-order valence-electron chi connectivity index (χ4n) is 1.69. The molecule has 0 aliphatic rings. The van der Waals surface area contributed by atoms with Gasteiger partial charge in [0.05, 0.1) is 11.9 Å². The van der Waals surface area contributed by atoms with Crippen LogP contribution in [0.3, 0.4) is 0 Å². The molecule has 2 rings (SSSR count). The first-order chi connectivity index (χ1) is 8.37. The maximum atomic E-state index is 12.3. The molecule has 0 atom stereocenters. The molecule has 0 bridgehead atoms. The van der Waals surface area contributed by atoms with Gasteiger partial charge in [-0.15, -0.1) is 13.2 Å². The van der Waals surface area contributed by atoms with Crippen LogP contribution in [-0.2, 0) is 0 Å². The monoisotopic (exact) mass is 257 g/mol. The average molecular weight is 257 g/mol. The minimum atomic E-state index is -4.75. The number of rotatable bonds is 2. The minimum absolute atomic E-state index is 0.0313. The number of nitrogens with zero attached hydrogens (tertiary/aromatic N) is 1. The molecule has 0 aliphatic heterocycles. The first kappa shape index (κ1) is 12.3. The summed E-state index contributed by atoms with van der Waals surface area (Å²) in [7, 11) is 0. The molecule has 0 saturated carbocycles.